The summed E-state index contributed by atoms with van der Waals surface area (Å²) in [4.78, 5) is 23.4. The number of hydrogen-bond donors (Lipinski definition) is 0. The molecule has 1 fully saturated rings. The smallest absolute Gasteiger partial charge is 0.259 e. The van der Waals surface area contributed by atoms with Gasteiger partial charge in [-0.1, -0.05) is 6.07 Å². The second-order valence-corrected chi connectivity index (χ2v) is 7.80. The molecule has 1 amide bonds. The van der Waals surface area contributed by atoms with Crippen LogP contribution in [0.5, 0.6) is 0 Å². The largest absolute Gasteiger partial charge is 0.377 e. The number of aryl methyl sites for hydroxylation is 1. The molecule has 0 aliphatic carbocycles. The summed E-state index contributed by atoms with van der Waals surface area (Å²) in [5, 5.41) is 0. The van der Waals surface area contributed by atoms with Crippen molar-refractivity contribution >= 4 is 23.1 Å². The molecular weight excluding hydrogens is 352 g/mol. The Morgan fingerprint density at radius 3 is 2.36 bits per heavy atom. The normalized spacial score (nSPS) is 19.4. The van der Waals surface area contributed by atoms with Gasteiger partial charge >= 0.3 is 0 Å². The van der Waals surface area contributed by atoms with Crippen LogP contribution < -0.4 is 14.7 Å². The molecule has 0 radical (unpaired) electrons. The van der Waals surface area contributed by atoms with Crippen molar-refractivity contribution in [2.75, 3.05) is 48.9 Å². The van der Waals surface area contributed by atoms with Crippen molar-refractivity contribution in [1.29, 1.82) is 0 Å². The molecule has 1 aromatic heterocycles. The van der Waals surface area contributed by atoms with Crippen molar-refractivity contribution in [3.8, 4) is 0 Å². The molecule has 2 atom stereocenters. The highest BCUT2D eigenvalue weighted by molar-refractivity contribution is 6.05. The summed E-state index contributed by atoms with van der Waals surface area (Å²) in [6.45, 7) is 7.82. The maximum atomic E-state index is 12.9. The number of hydrogen-bond acceptors (Lipinski definition) is 5. The summed E-state index contributed by atoms with van der Waals surface area (Å²) >= 11 is 0. The van der Waals surface area contributed by atoms with E-state index in [0.717, 1.165) is 30.3 Å². The Balaban J connectivity index is 1.76. The molecule has 150 valence electrons. The first-order valence-corrected chi connectivity index (χ1v) is 9.68. The minimum absolute atomic E-state index is 0.0728. The predicted molar refractivity (Wildman–Crippen MR) is 115 cm³/mol. The fourth-order valence-corrected chi connectivity index (χ4v) is 3.66. The Kier molecular flexibility index (Phi) is 5.89. The summed E-state index contributed by atoms with van der Waals surface area (Å²) in [6.07, 6.45) is 2.01. The van der Waals surface area contributed by atoms with Gasteiger partial charge in [-0.15, -0.1) is 0 Å². The van der Waals surface area contributed by atoms with Crippen molar-refractivity contribution in [3.05, 3.63) is 47.7 Å². The molecule has 28 heavy (non-hydrogen) atoms. The molecule has 0 bridgehead atoms. The van der Waals surface area contributed by atoms with Gasteiger partial charge in [-0.25, -0.2) is 4.98 Å². The monoisotopic (exact) mass is 382 g/mol. The molecule has 3 rings (SSSR count). The van der Waals surface area contributed by atoms with E-state index in [1.54, 1.807) is 18.1 Å². The van der Waals surface area contributed by atoms with E-state index in [2.05, 4.69) is 35.6 Å². The maximum Gasteiger partial charge on any atom is 0.259 e. The van der Waals surface area contributed by atoms with E-state index in [0.29, 0.717) is 5.56 Å². The molecule has 0 N–H and O–H groups in total. The molecule has 6 nitrogen and oxygen atoms in total. The Bertz CT molecular complexity index is 825. The van der Waals surface area contributed by atoms with Gasteiger partial charge in [0, 0.05) is 51.8 Å². The van der Waals surface area contributed by atoms with Crippen molar-refractivity contribution in [2.45, 2.75) is 33.0 Å². The second kappa shape index (κ2) is 8.19. The van der Waals surface area contributed by atoms with E-state index >= 15 is 0 Å². The molecule has 2 heterocycles. The molecule has 0 saturated carbocycles. The second-order valence-electron chi connectivity index (χ2n) is 7.80. The number of morpholine rings is 1. The minimum Gasteiger partial charge on any atom is -0.377 e. The van der Waals surface area contributed by atoms with Crippen LogP contribution in [0.4, 0.5) is 17.2 Å². The minimum atomic E-state index is -0.0728. The first-order valence-electron chi connectivity index (χ1n) is 9.68. The van der Waals surface area contributed by atoms with E-state index < -0.39 is 0 Å². The Morgan fingerprint density at radius 2 is 1.79 bits per heavy atom. The Hall–Kier alpha value is -2.60. The van der Waals surface area contributed by atoms with E-state index in [1.807, 2.05) is 44.4 Å². The number of anilines is 3. The average molecular weight is 383 g/mol. The SMILES string of the molecule is Cc1ccc(N(C)C(=O)c2ccc(N3C[C@@H](C)O[C@@H](C)C3)nc2)cc1N(C)C. The molecule has 0 unspecified atom stereocenters. The Morgan fingerprint density at radius 1 is 1.11 bits per heavy atom. The zero-order valence-corrected chi connectivity index (χ0v) is 17.6. The highest BCUT2D eigenvalue weighted by Crippen LogP contribution is 2.26. The number of amides is 1. The predicted octanol–water partition coefficient (Wildman–Crippen LogP) is 3.35. The summed E-state index contributed by atoms with van der Waals surface area (Å²) < 4.78 is 5.78. The number of rotatable bonds is 4. The van der Waals surface area contributed by atoms with E-state index in [9.17, 15) is 4.79 Å². The molecule has 1 saturated heterocycles. The third kappa shape index (κ3) is 4.28. The highest BCUT2D eigenvalue weighted by atomic mass is 16.5. The molecule has 1 aliphatic heterocycles. The van der Waals surface area contributed by atoms with Crippen LogP contribution in [0.1, 0.15) is 29.8 Å². The van der Waals surface area contributed by atoms with Gasteiger partial charge in [-0.2, -0.15) is 0 Å². The average Bonchev–Trinajstić information content (AvgIpc) is 2.66. The van der Waals surface area contributed by atoms with Crippen molar-refractivity contribution in [1.82, 2.24) is 4.98 Å². The maximum absolute atomic E-state index is 12.9. The van der Waals surface area contributed by atoms with Crippen LogP contribution in [0.25, 0.3) is 0 Å². The van der Waals surface area contributed by atoms with Gasteiger partial charge in [0.15, 0.2) is 0 Å². The summed E-state index contributed by atoms with van der Waals surface area (Å²) in [6, 6.07) is 9.82. The van der Waals surface area contributed by atoms with Gasteiger partial charge in [0.05, 0.1) is 17.8 Å². The lowest BCUT2D eigenvalue weighted by Crippen LogP contribution is -2.45. The molecular formula is C22H30N4O2. The van der Waals surface area contributed by atoms with Gasteiger partial charge in [0.1, 0.15) is 5.82 Å². The molecule has 6 heteroatoms. The number of nitrogens with zero attached hydrogens (tertiary/aromatic N) is 4. The number of carbonyl (C=O) groups is 1. The van der Waals surface area contributed by atoms with Crippen LogP contribution in [-0.4, -0.2) is 57.3 Å². The molecule has 2 aromatic rings. The standard InChI is InChI=1S/C22H30N4O2/c1-15-7-9-19(11-20(15)24(4)5)25(6)22(27)18-8-10-21(23-12-18)26-13-16(2)28-17(3)14-26/h7-12,16-17H,13-14H2,1-6H3/t16-,17+. The fraction of sp³-hybridized carbons (Fsp3) is 0.455. The zero-order chi connectivity index (χ0) is 20.4. The van der Waals surface area contributed by atoms with Crippen LogP contribution in [0, 0.1) is 6.92 Å². The number of ether oxygens (including phenoxy) is 1. The van der Waals surface area contributed by atoms with Gasteiger partial charge in [-0.3, -0.25) is 4.79 Å². The fourth-order valence-electron chi connectivity index (χ4n) is 3.66. The van der Waals surface area contributed by atoms with Crippen LogP contribution in [0.2, 0.25) is 0 Å². The van der Waals surface area contributed by atoms with E-state index in [1.165, 1.54) is 5.56 Å². The van der Waals surface area contributed by atoms with Crippen molar-refractivity contribution < 1.29 is 9.53 Å². The first-order chi connectivity index (χ1) is 13.3. The number of aromatic nitrogens is 1. The first kappa shape index (κ1) is 20.1. The molecule has 1 aromatic carbocycles. The van der Waals surface area contributed by atoms with Crippen molar-refractivity contribution in [3.63, 3.8) is 0 Å². The van der Waals surface area contributed by atoms with E-state index in [4.69, 9.17) is 4.74 Å². The van der Waals surface area contributed by atoms with Gasteiger partial charge < -0.3 is 19.4 Å². The lowest BCUT2D eigenvalue weighted by atomic mass is 10.1. The van der Waals surface area contributed by atoms with Gasteiger partial charge in [0.25, 0.3) is 5.91 Å². The van der Waals surface area contributed by atoms with Crippen molar-refractivity contribution in [2.24, 2.45) is 0 Å². The lowest BCUT2D eigenvalue weighted by Gasteiger charge is -2.36. The van der Waals surface area contributed by atoms with Crippen LogP contribution in [-0.2, 0) is 4.74 Å². The van der Waals surface area contributed by atoms with Gasteiger partial charge in [-0.05, 0) is 50.6 Å². The van der Waals surface area contributed by atoms with Gasteiger partial charge in [0.2, 0.25) is 0 Å². The van der Waals surface area contributed by atoms with Crippen LogP contribution >= 0.6 is 0 Å². The number of pyridine rings is 1. The Labute approximate surface area is 167 Å². The van der Waals surface area contributed by atoms with Crippen LogP contribution in [0.3, 0.4) is 0 Å². The third-order valence-corrected chi connectivity index (χ3v) is 5.10. The summed E-state index contributed by atoms with van der Waals surface area (Å²) in [5.74, 6) is 0.808. The van der Waals surface area contributed by atoms with Crippen LogP contribution in [0.15, 0.2) is 36.5 Å². The third-order valence-electron chi connectivity index (χ3n) is 5.10. The molecule has 0 spiro atoms. The highest BCUT2D eigenvalue weighted by Gasteiger charge is 2.23. The van der Waals surface area contributed by atoms with E-state index in [-0.39, 0.29) is 18.1 Å². The topological polar surface area (TPSA) is 48.9 Å². The number of carbonyl (C=O) groups excluding carboxylic acids is 1. The summed E-state index contributed by atoms with van der Waals surface area (Å²) in [7, 11) is 5.81. The lowest BCUT2D eigenvalue weighted by molar-refractivity contribution is -0.00546. The zero-order valence-electron chi connectivity index (χ0n) is 17.6. The molecule has 1 aliphatic rings. The number of benzene rings is 1. The quantitative estimate of drug-likeness (QED) is 0.812. The summed E-state index contributed by atoms with van der Waals surface area (Å²) in [5.41, 5.74) is 3.71.